The molecule has 108 valence electrons. The maximum absolute atomic E-state index is 11.9. The predicted molar refractivity (Wildman–Crippen MR) is 80.0 cm³/mol. The van der Waals surface area contributed by atoms with E-state index in [4.69, 9.17) is 0 Å². The molecule has 20 heavy (non-hydrogen) atoms. The van der Waals surface area contributed by atoms with Crippen molar-refractivity contribution in [1.82, 2.24) is 14.9 Å². The van der Waals surface area contributed by atoms with Crippen LogP contribution in [-0.4, -0.2) is 38.7 Å². The molecule has 1 aliphatic rings. The average molecular weight is 293 g/mol. The molecule has 2 aromatic rings. The highest BCUT2D eigenvalue weighted by molar-refractivity contribution is 7.17. The van der Waals surface area contributed by atoms with Crippen LogP contribution >= 0.6 is 11.3 Å². The van der Waals surface area contributed by atoms with E-state index < -0.39 is 5.60 Å². The van der Waals surface area contributed by atoms with Gasteiger partial charge in [0.2, 0.25) is 0 Å². The molecule has 5 nitrogen and oxygen atoms in total. The van der Waals surface area contributed by atoms with E-state index in [2.05, 4.69) is 14.9 Å². The van der Waals surface area contributed by atoms with Crippen LogP contribution in [0.2, 0.25) is 0 Å². The highest BCUT2D eigenvalue weighted by atomic mass is 32.1. The summed E-state index contributed by atoms with van der Waals surface area (Å²) in [6, 6.07) is 1.88. The number of hydrogen-bond donors (Lipinski definition) is 2. The highest BCUT2D eigenvalue weighted by Gasteiger charge is 2.25. The predicted octanol–water partition coefficient (Wildman–Crippen LogP) is 1.72. The van der Waals surface area contributed by atoms with Crippen molar-refractivity contribution in [2.24, 2.45) is 0 Å². The molecular weight excluding hydrogens is 274 g/mol. The fourth-order valence-electron chi connectivity index (χ4n) is 2.69. The van der Waals surface area contributed by atoms with E-state index in [0.29, 0.717) is 17.1 Å². The Balaban J connectivity index is 1.77. The number of hydrogen-bond acceptors (Lipinski definition) is 5. The van der Waals surface area contributed by atoms with Crippen LogP contribution in [0.3, 0.4) is 0 Å². The minimum atomic E-state index is -0.563. The van der Waals surface area contributed by atoms with Crippen LogP contribution in [-0.2, 0) is 6.54 Å². The molecule has 3 rings (SSSR count). The zero-order valence-corrected chi connectivity index (χ0v) is 12.4. The number of H-pyrrole nitrogens is 1. The number of aliphatic hydroxyl groups is 1. The summed E-state index contributed by atoms with van der Waals surface area (Å²) in [5.41, 5.74) is 0.157. The Morgan fingerprint density at radius 2 is 2.35 bits per heavy atom. The maximum atomic E-state index is 11.9. The second kappa shape index (κ2) is 5.27. The molecule has 0 aliphatic carbocycles. The van der Waals surface area contributed by atoms with Gasteiger partial charge in [-0.15, -0.1) is 11.3 Å². The topological polar surface area (TPSA) is 69.2 Å². The second-order valence-corrected chi connectivity index (χ2v) is 6.69. The van der Waals surface area contributed by atoms with Gasteiger partial charge in [-0.05, 0) is 44.2 Å². The summed E-state index contributed by atoms with van der Waals surface area (Å²) in [7, 11) is 0. The molecule has 0 saturated carbocycles. The number of rotatable bonds is 2. The van der Waals surface area contributed by atoms with Crippen molar-refractivity contribution >= 4 is 21.6 Å². The van der Waals surface area contributed by atoms with E-state index in [0.717, 1.165) is 37.9 Å². The molecular formula is C14H19N3O2S. The van der Waals surface area contributed by atoms with Crippen LogP contribution in [0, 0.1) is 0 Å². The smallest absolute Gasteiger partial charge is 0.268 e. The summed E-state index contributed by atoms with van der Waals surface area (Å²) < 4.78 is 0.688. The van der Waals surface area contributed by atoms with Gasteiger partial charge in [0.25, 0.3) is 5.56 Å². The largest absolute Gasteiger partial charge is 0.390 e. The van der Waals surface area contributed by atoms with Crippen molar-refractivity contribution < 1.29 is 5.11 Å². The first kappa shape index (κ1) is 13.7. The molecule has 1 fully saturated rings. The van der Waals surface area contributed by atoms with Gasteiger partial charge in [0.05, 0.1) is 17.7 Å². The van der Waals surface area contributed by atoms with Crippen molar-refractivity contribution in [3.8, 4) is 0 Å². The van der Waals surface area contributed by atoms with Crippen LogP contribution in [0.5, 0.6) is 0 Å². The molecule has 1 atom stereocenters. The minimum Gasteiger partial charge on any atom is -0.390 e. The standard InChI is InChI=1S/C14H19N3O2S/c1-14(19)4-2-6-17(7-5-14)9-11-15-10-3-8-20-12(10)13(18)16-11/h3,8,19H,2,4-7,9H2,1H3,(H,15,16,18). The third-order valence-electron chi connectivity index (χ3n) is 3.89. The highest BCUT2D eigenvalue weighted by Crippen LogP contribution is 2.22. The van der Waals surface area contributed by atoms with Crippen molar-refractivity contribution in [2.75, 3.05) is 13.1 Å². The zero-order chi connectivity index (χ0) is 14.2. The van der Waals surface area contributed by atoms with Crippen LogP contribution < -0.4 is 5.56 Å². The Labute approximate surface area is 121 Å². The first-order valence-corrected chi connectivity index (χ1v) is 7.83. The molecule has 0 spiro atoms. The molecule has 1 unspecified atom stereocenters. The van der Waals surface area contributed by atoms with Gasteiger partial charge in [-0.1, -0.05) is 0 Å². The van der Waals surface area contributed by atoms with Crippen molar-refractivity contribution in [1.29, 1.82) is 0 Å². The second-order valence-electron chi connectivity index (χ2n) is 5.77. The summed E-state index contributed by atoms with van der Waals surface area (Å²) in [6.45, 7) is 4.30. The van der Waals surface area contributed by atoms with Crippen LogP contribution in [0.1, 0.15) is 32.0 Å². The molecule has 2 N–H and O–H groups in total. The van der Waals surface area contributed by atoms with Gasteiger partial charge in [0.15, 0.2) is 0 Å². The van der Waals surface area contributed by atoms with E-state index in [1.807, 2.05) is 18.4 Å². The van der Waals surface area contributed by atoms with Gasteiger partial charge in [-0.2, -0.15) is 0 Å². The van der Waals surface area contributed by atoms with Gasteiger partial charge in [-0.3, -0.25) is 9.69 Å². The van der Waals surface area contributed by atoms with E-state index in [9.17, 15) is 9.90 Å². The number of nitrogens with zero attached hydrogens (tertiary/aromatic N) is 2. The normalized spacial score (nSPS) is 24.9. The molecule has 0 radical (unpaired) electrons. The summed E-state index contributed by atoms with van der Waals surface area (Å²) in [6.07, 6.45) is 2.56. The molecule has 2 aromatic heterocycles. The number of aromatic nitrogens is 2. The number of aromatic amines is 1. The SMILES string of the molecule is CC1(O)CCCN(Cc2nc3ccsc3c(=O)[nH]2)CC1. The van der Waals surface area contributed by atoms with Gasteiger partial charge in [0.1, 0.15) is 10.5 Å². The molecule has 3 heterocycles. The Bertz CT molecular complexity index is 662. The zero-order valence-electron chi connectivity index (χ0n) is 11.6. The van der Waals surface area contributed by atoms with Gasteiger partial charge in [-0.25, -0.2) is 4.98 Å². The van der Waals surface area contributed by atoms with Crippen molar-refractivity contribution in [2.45, 2.75) is 38.3 Å². The lowest BCUT2D eigenvalue weighted by Crippen LogP contribution is -2.29. The van der Waals surface area contributed by atoms with E-state index in [1.54, 1.807) is 0 Å². The maximum Gasteiger partial charge on any atom is 0.268 e. The Morgan fingerprint density at radius 3 is 3.20 bits per heavy atom. The molecule has 6 heteroatoms. The molecule has 1 saturated heterocycles. The summed E-state index contributed by atoms with van der Waals surface area (Å²) in [4.78, 5) is 21.5. The van der Waals surface area contributed by atoms with E-state index >= 15 is 0 Å². The van der Waals surface area contributed by atoms with E-state index in [1.165, 1.54) is 11.3 Å². The Kier molecular flexibility index (Phi) is 3.62. The average Bonchev–Trinajstić information content (AvgIpc) is 2.78. The lowest BCUT2D eigenvalue weighted by Gasteiger charge is -2.22. The first-order chi connectivity index (χ1) is 9.53. The van der Waals surface area contributed by atoms with Gasteiger partial charge >= 0.3 is 0 Å². The Morgan fingerprint density at radius 1 is 1.50 bits per heavy atom. The van der Waals surface area contributed by atoms with Crippen molar-refractivity contribution in [3.05, 3.63) is 27.6 Å². The third kappa shape index (κ3) is 2.92. The summed E-state index contributed by atoms with van der Waals surface area (Å²) in [5, 5.41) is 12.0. The minimum absolute atomic E-state index is 0.0539. The number of thiophene rings is 1. The fraction of sp³-hybridized carbons (Fsp3) is 0.571. The number of fused-ring (bicyclic) bond motifs is 1. The van der Waals surface area contributed by atoms with E-state index in [-0.39, 0.29) is 5.56 Å². The first-order valence-electron chi connectivity index (χ1n) is 6.95. The third-order valence-corrected chi connectivity index (χ3v) is 4.80. The Hall–Kier alpha value is -1.24. The lowest BCUT2D eigenvalue weighted by atomic mass is 9.98. The summed E-state index contributed by atoms with van der Waals surface area (Å²) >= 11 is 1.42. The monoisotopic (exact) mass is 293 g/mol. The van der Waals surface area contributed by atoms with Gasteiger partial charge in [0, 0.05) is 6.54 Å². The molecule has 0 bridgehead atoms. The molecule has 0 aromatic carbocycles. The number of likely N-dealkylation sites (tertiary alicyclic amines) is 1. The molecule has 0 amide bonds. The van der Waals surface area contributed by atoms with Crippen molar-refractivity contribution in [3.63, 3.8) is 0 Å². The quantitative estimate of drug-likeness (QED) is 0.884. The van der Waals surface area contributed by atoms with Crippen LogP contribution in [0.4, 0.5) is 0 Å². The molecule has 1 aliphatic heterocycles. The number of nitrogens with one attached hydrogen (secondary N) is 1. The lowest BCUT2D eigenvalue weighted by molar-refractivity contribution is 0.0443. The van der Waals surface area contributed by atoms with Gasteiger partial charge < -0.3 is 10.1 Å². The van der Waals surface area contributed by atoms with Crippen LogP contribution in [0.25, 0.3) is 10.2 Å². The van der Waals surface area contributed by atoms with Crippen LogP contribution in [0.15, 0.2) is 16.2 Å². The summed E-state index contributed by atoms with van der Waals surface area (Å²) in [5.74, 6) is 0.711. The fourth-order valence-corrected chi connectivity index (χ4v) is 3.41.